The van der Waals surface area contributed by atoms with Gasteiger partial charge in [-0.15, -0.1) is 0 Å². The van der Waals surface area contributed by atoms with Crippen molar-refractivity contribution in [3.05, 3.63) is 81.2 Å². The smallest absolute Gasteiger partial charge is 0.161 e. The number of carbonyl (C=O) groups excluding carboxylic acids is 2. The minimum atomic E-state index is -0.353. The molecule has 0 fully saturated rings. The zero-order chi connectivity index (χ0) is 23.8. The van der Waals surface area contributed by atoms with Crippen LogP contribution in [0.5, 0.6) is 11.5 Å². The molecule has 2 aromatic rings. The number of Topliss-reactive ketones (excluding diaryl/α,β-unsaturated/α-hetero) is 2. The highest BCUT2D eigenvalue weighted by molar-refractivity contribution is 6.31. The summed E-state index contributed by atoms with van der Waals surface area (Å²) in [5.41, 5.74) is 5.45. The summed E-state index contributed by atoms with van der Waals surface area (Å²) in [5.74, 6) is 1.09. The van der Waals surface area contributed by atoms with Crippen LogP contribution in [-0.2, 0) is 16.2 Å². The second-order valence-corrected chi connectivity index (χ2v) is 9.46. The van der Waals surface area contributed by atoms with Crippen molar-refractivity contribution in [1.29, 1.82) is 0 Å². The van der Waals surface area contributed by atoms with Crippen molar-refractivity contribution >= 4 is 23.2 Å². The van der Waals surface area contributed by atoms with E-state index in [1.54, 1.807) is 7.11 Å². The summed E-state index contributed by atoms with van der Waals surface area (Å²) in [5, 5.41) is 0.648. The van der Waals surface area contributed by atoms with Crippen LogP contribution in [0.1, 0.15) is 55.6 Å². The van der Waals surface area contributed by atoms with Crippen LogP contribution < -0.4 is 9.47 Å². The minimum absolute atomic E-state index is 0.140. The molecule has 0 saturated carbocycles. The Balaban J connectivity index is 1.55. The molecule has 5 nitrogen and oxygen atoms in total. The molecule has 0 saturated heterocycles. The molecular formula is C28H28ClNO4. The van der Waals surface area contributed by atoms with Gasteiger partial charge in [0, 0.05) is 58.9 Å². The Kier molecular flexibility index (Phi) is 6.22. The number of nitrogens with zero attached hydrogens (tertiary/aromatic N) is 1. The highest BCUT2D eigenvalue weighted by atomic mass is 35.5. The lowest BCUT2D eigenvalue weighted by Gasteiger charge is -2.42. The fraction of sp³-hybridized carbons (Fsp3) is 0.357. The Morgan fingerprint density at radius 1 is 0.912 bits per heavy atom. The minimum Gasteiger partial charge on any atom is -0.493 e. The van der Waals surface area contributed by atoms with Gasteiger partial charge >= 0.3 is 0 Å². The number of carbonyl (C=O) groups is 2. The monoisotopic (exact) mass is 477 g/mol. The van der Waals surface area contributed by atoms with E-state index in [9.17, 15) is 9.59 Å². The van der Waals surface area contributed by atoms with Crippen LogP contribution in [-0.4, -0.2) is 30.6 Å². The van der Waals surface area contributed by atoms with Crippen LogP contribution in [0.2, 0.25) is 5.02 Å². The van der Waals surface area contributed by atoms with Gasteiger partial charge in [0.25, 0.3) is 0 Å². The first kappa shape index (κ1) is 22.7. The van der Waals surface area contributed by atoms with Crippen molar-refractivity contribution < 1.29 is 19.1 Å². The van der Waals surface area contributed by atoms with Crippen molar-refractivity contribution in [3.63, 3.8) is 0 Å². The van der Waals surface area contributed by atoms with Gasteiger partial charge < -0.3 is 14.4 Å². The molecule has 6 heteroatoms. The summed E-state index contributed by atoms with van der Waals surface area (Å²) in [4.78, 5) is 28.4. The van der Waals surface area contributed by atoms with Crippen molar-refractivity contribution in [3.8, 4) is 11.5 Å². The van der Waals surface area contributed by atoms with Gasteiger partial charge in [0.05, 0.1) is 7.11 Å². The van der Waals surface area contributed by atoms with E-state index in [0.29, 0.717) is 36.0 Å². The number of rotatable bonds is 5. The molecule has 2 aliphatic carbocycles. The molecule has 3 aliphatic rings. The molecule has 1 aliphatic heterocycles. The van der Waals surface area contributed by atoms with Crippen molar-refractivity contribution in [2.24, 2.45) is 0 Å². The van der Waals surface area contributed by atoms with E-state index < -0.39 is 0 Å². The molecule has 5 rings (SSSR count). The Labute approximate surface area is 205 Å². The lowest BCUT2D eigenvalue weighted by atomic mass is 9.71. The van der Waals surface area contributed by atoms with Crippen LogP contribution in [0.25, 0.3) is 0 Å². The van der Waals surface area contributed by atoms with Gasteiger partial charge in [-0.3, -0.25) is 9.59 Å². The number of benzene rings is 2. The lowest BCUT2D eigenvalue weighted by molar-refractivity contribution is -0.117. The van der Waals surface area contributed by atoms with Crippen LogP contribution in [0.4, 0.5) is 0 Å². The largest absolute Gasteiger partial charge is 0.493 e. The maximum Gasteiger partial charge on any atom is 0.161 e. The molecule has 0 aromatic heterocycles. The number of hydrogen-bond acceptors (Lipinski definition) is 5. The molecule has 0 unspecified atom stereocenters. The standard InChI is InChI=1S/C28H28ClNO4/c1-30-20-9-5-11-22(31)27(20)26(28-21(30)10-6-12-23(28)32)17-13-14-24(25(15-17)33-2)34-16-18-7-3-4-8-19(18)29/h3-4,7-8,13-15,26H,5-6,9-12,16H2,1-2H3. The first-order valence-electron chi connectivity index (χ1n) is 11.8. The Morgan fingerprint density at radius 3 is 2.18 bits per heavy atom. The summed E-state index contributed by atoms with van der Waals surface area (Å²) >= 11 is 6.27. The van der Waals surface area contributed by atoms with Gasteiger partial charge in [0.15, 0.2) is 23.1 Å². The first-order valence-corrected chi connectivity index (χ1v) is 12.2. The Morgan fingerprint density at radius 2 is 1.56 bits per heavy atom. The van der Waals surface area contributed by atoms with E-state index in [0.717, 1.165) is 59.4 Å². The highest BCUT2D eigenvalue weighted by Crippen LogP contribution is 2.49. The third-order valence-electron chi connectivity index (χ3n) is 7.11. The number of methoxy groups -OCH3 is 1. The predicted octanol–water partition coefficient (Wildman–Crippen LogP) is 5.97. The number of hydrogen-bond donors (Lipinski definition) is 0. The Bertz CT molecular complexity index is 1180. The number of halogens is 1. The normalized spacial score (nSPS) is 18.7. The van der Waals surface area contributed by atoms with E-state index in [1.165, 1.54) is 0 Å². The quantitative estimate of drug-likeness (QED) is 0.531. The van der Waals surface area contributed by atoms with Gasteiger partial charge in [-0.1, -0.05) is 35.9 Å². The van der Waals surface area contributed by atoms with E-state index >= 15 is 0 Å². The van der Waals surface area contributed by atoms with E-state index in [1.807, 2.05) is 49.5 Å². The van der Waals surface area contributed by atoms with Crippen LogP contribution >= 0.6 is 11.6 Å². The molecule has 176 valence electrons. The fourth-order valence-electron chi connectivity index (χ4n) is 5.44. The maximum absolute atomic E-state index is 13.2. The van der Waals surface area contributed by atoms with Crippen LogP contribution in [0, 0.1) is 0 Å². The maximum atomic E-state index is 13.2. The van der Waals surface area contributed by atoms with Gasteiger partial charge in [-0.05, 0) is 49.4 Å². The van der Waals surface area contributed by atoms with Gasteiger partial charge in [-0.25, -0.2) is 0 Å². The molecular weight excluding hydrogens is 450 g/mol. The molecule has 0 amide bonds. The van der Waals surface area contributed by atoms with Crippen molar-refractivity contribution in [2.45, 2.75) is 51.0 Å². The number of ether oxygens (including phenoxy) is 2. The second-order valence-electron chi connectivity index (χ2n) is 9.06. The molecule has 0 bridgehead atoms. The summed E-state index contributed by atoms with van der Waals surface area (Å²) in [6.07, 6.45) is 4.46. The van der Waals surface area contributed by atoms with E-state index in [-0.39, 0.29) is 17.5 Å². The van der Waals surface area contributed by atoms with Crippen LogP contribution in [0.3, 0.4) is 0 Å². The zero-order valence-electron chi connectivity index (χ0n) is 19.5. The molecule has 0 N–H and O–H groups in total. The molecule has 0 spiro atoms. The SMILES string of the molecule is COc1cc(C2C3=C(CCCC3=O)N(C)C3=C2C(=O)CCC3)ccc1OCc1ccccc1Cl. The zero-order valence-corrected chi connectivity index (χ0v) is 20.3. The lowest BCUT2D eigenvalue weighted by Crippen LogP contribution is -2.37. The average molecular weight is 478 g/mol. The molecule has 1 heterocycles. The van der Waals surface area contributed by atoms with E-state index in [2.05, 4.69) is 4.90 Å². The molecule has 34 heavy (non-hydrogen) atoms. The number of allylic oxidation sites excluding steroid dienone is 4. The van der Waals surface area contributed by atoms with Crippen molar-refractivity contribution in [2.75, 3.05) is 14.2 Å². The Hall–Kier alpha value is -3.05. The third-order valence-corrected chi connectivity index (χ3v) is 7.48. The van der Waals surface area contributed by atoms with Gasteiger partial charge in [0.1, 0.15) is 6.61 Å². The average Bonchev–Trinajstić information content (AvgIpc) is 2.85. The highest BCUT2D eigenvalue weighted by Gasteiger charge is 2.42. The van der Waals surface area contributed by atoms with E-state index in [4.69, 9.17) is 21.1 Å². The summed E-state index contributed by atoms with van der Waals surface area (Å²) in [6.45, 7) is 0.311. The van der Waals surface area contributed by atoms with Crippen molar-refractivity contribution in [1.82, 2.24) is 4.90 Å². The summed E-state index contributed by atoms with van der Waals surface area (Å²) in [7, 11) is 3.60. The van der Waals surface area contributed by atoms with Gasteiger partial charge in [-0.2, -0.15) is 0 Å². The van der Waals surface area contributed by atoms with Crippen LogP contribution in [0.15, 0.2) is 65.0 Å². The molecule has 0 radical (unpaired) electrons. The summed E-state index contributed by atoms with van der Waals surface area (Å²) < 4.78 is 11.7. The molecule has 0 atom stereocenters. The fourth-order valence-corrected chi connectivity index (χ4v) is 5.63. The second kappa shape index (κ2) is 9.30. The van der Waals surface area contributed by atoms with Gasteiger partial charge in [0.2, 0.25) is 0 Å². The summed E-state index contributed by atoms with van der Waals surface area (Å²) in [6, 6.07) is 13.3. The molecule has 2 aromatic carbocycles. The third kappa shape index (κ3) is 3.92. The predicted molar refractivity (Wildman–Crippen MR) is 131 cm³/mol. The first-order chi connectivity index (χ1) is 16.5. The topological polar surface area (TPSA) is 55.8 Å². The number of ketones is 2.